The number of carbonyl (C=O) groups excluding carboxylic acids is 2. The minimum atomic E-state index is -5.03. The predicted octanol–water partition coefficient (Wildman–Crippen LogP) is 13.9. The normalized spacial score (nSPS) is 17.9. The van der Waals surface area contributed by atoms with Gasteiger partial charge in [0.25, 0.3) is 0 Å². The van der Waals surface area contributed by atoms with Crippen LogP contribution >= 0.6 is 0 Å². The number of fused-ring (bicyclic) bond motifs is 9. The topological polar surface area (TPSA) is 359 Å². The second kappa shape index (κ2) is 37.0. The summed E-state index contributed by atoms with van der Waals surface area (Å²) < 4.78 is 84.7. The van der Waals surface area contributed by atoms with Crippen LogP contribution < -0.4 is 40.2 Å². The van der Waals surface area contributed by atoms with Crippen molar-refractivity contribution in [1.82, 2.24) is 104 Å². The number of pyridine rings is 6. The SMILES string of the molecule is C.C.C.CN(C(=O)C(F)(F)F)C1(c2ccc(-c3nc4ccn5c(-c6ncccn6)nnc5c4cc3-c3ccccc3)cc2)CC(O)C1.CNC1(c2ccc(-c3nc4ccn5c(-c6ncccn6)nnc5c4cc3-c3ccccc3)cc2)CC(O)C1.O=C(NC1(c2ccc(-c3nc4ccn5c(-c6ncccn6)nnc5c4cc3-c3ccccc3)cc2)CC(O)C1)C(F)(F)F.[Na+].[OH-]. The number of nitrogens with one attached hydrogen (secondary N) is 2. The molecular formula is C96H84F6N21NaO6. The molecule has 6 aromatic carbocycles. The minimum absolute atomic E-state index is 0. The number of nitrogens with zero attached hydrogens (tertiary/aromatic N) is 19. The van der Waals surface area contributed by atoms with E-state index in [4.69, 9.17) is 15.0 Å². The number of amides is 2. The number of aliphatic hydroxyl groups is 3. The summed E-state index contributed by atoms with van der Waals surface area (Å²) in [6.07, 6.45) is 5.01. The van der Waals surface area contributed by atoms with Gasteiger partial charge in [-0.3, -0.25) is 22.8 Å². The Morgan fingerprint density at radius 2 is 0.692 bits per heavy atom. The largest absolute Gasteiger partial charge is 1.00 e. The van der Waals surface area contributed by atoms with Crippen LogP contribution in [0.3, 0.4) is 0 Å². The quantitative estimate of drug-likeness (QED) is 0.0470. The molecule has 21 rings (SSSR count). The van der Waals surface area contributed by atoms with Crippen LogP contribution in [0.25, 0.3) is 152 Å². The van der Waals surface area contributed by atoms with Crippen molar-refractivity contribution in [3.05, 3.63) is 291 Å². The molecule has 27 nitrogen and oxygen atoms in total. The fourth-order valence-corrected chi connectivity index (χ4v) is 17.1. The maximum atomic E-state index is 13.3. The van der Waals surface area contributed by atoms with Gasteiger partial charge in [0.15, 0.2) is 34.4 Å². The number of benzene rings is 6. The summed E-state index contributed by atoms with van der Waals surface area (Å²) in [5.74, 6) is -1.02. The molecule has 12 aromatic heterocycles. The smallest absolute Gasteiger partial charge is 0.870 e. The van der Waals surface area contributed by atoms with Gasteiger partial charge in [0.1, 0.15) is 0 Å². The molecule has 3 aliphatic rings. The average molecular weight is 1760 g/mol. The summed E-state index contributed by atoms with van der Waals surface area (Å²) >= 11 is 0. The Kier molecular flexibility index (Phi) is 26.2. The first-order chi connectivity index (χ1) is 60.5. The van der Waals surface area contributed by atoms with Crippen LogP contribution in [0.15, 0.2) is 274 Å². The van der Waals surface area contributed by atoms with Crippen LogP contribution in [0.5, 0.6) is 0 Å². The molecule has 3 aliphatic carbocycles. The molecule has 0 atom stereocenters. The Hall–Kier alpha value is -14.0. The molecule has 6 N–H and O–H groups in total. The van der Waals surface area contributed by atoms with Gasteiger partial charge in [-0.15, -0.1) is 30.6 Å². The number of alkyl halides is 6. The fourth-order valence-electron chi connectivity index (χ4n) is 17.1. The van der Waals surface area contributed by atoms with Crippen LogP contribution in [-0.2, 0) is 26.2 Å². The van der Waals surface area contributed by atoms with Crippen LogP contribution in [-0.4, -0.2) is 171 Å². The van der Waals surface area contributed by atoms with Crippen molar-refractivity contribution in [3.63, 3.8) is 0 Å². The predicted molar refractivity (Wildman–Crippen MR) is 476 cm³/mol. The maximum Gasteiger partial charge on any atom is 1.00 e. The van der Waals surface area contributed by atoms with E-state index < -0.39 is 47.5 Å². The molecule has 130 heavy (non-hydrogen) atoms. The van der Waals surface area contributed by atoms with E-state index in [0.29, 0.717) is 90.3 Å². The maximum absolute atomic E-state index is 13.3. The third kappa shape index (κ3) is 17.1. The van der Waals surface area contributed by atoms with Crippen LogP contribution in [0.2, 0.25) is 0 Å². The average Bonchev–Trinajstić information content (AvgIpc) is 1.48. The summed E-state index contributed by atoms with van der Waals surface area (Å²) in [5, 5.41) is 64.3. The first kappa shape index (κ1) is 92.2. The van der Waals surface area contributed by atoms with E-state index in [1.807, 2.05) is 142 Å². The standard InChI is InChI=1S/C32H24F3N7O2.C31H22F3N7O2.C30H25N7O.3CH4.Na.H2O/c1-41(30(44)32(33,34)35)31(17-22(43)18-31)21-10-8-20(9-11-21)26-23(19-6-3-2-4-7-19)16-24-25(38-26)12-15-42-28(24)39-40-29(42)27-36-13-5-14-37-27;32-31(33,34)29(43)38-30(16-21(42)17-30)20-9-7-19(8-10-20)25-22(18-5-2-1-3-6-18)15-23-24(37-25)11-14-41-27(23)39-40-28(41)26-35-12-4-13-36-26;1-31-30(17-22(38)18-30)21-10-8-20(9-11-21)26-23(19-6-3-2-4-7-19)16-24-25(34-26)12-15-37-28(24)35-36-29(37)27-32-13-5-14-33-27;;;;;/h2-16,22,43H,17-18H2,1H3;1-15,21,42H,16-17H2,(H,38,43);2-16,22,31,38H,17-18H2,1H3;3*1H4;;1H2/q;;;;;;+1;/p-1. The summed E-state index contributed by atoms with van der Waals surface area (Å²) in [6.45, 7) is 0. The molecule has 0 bridgehead atoms. The van der Waals surface area contributed by atoms with Gasteiger partial charge < -0.3 is 36.3 Å². The summed E-state index contributed by atoms with van der Waals surface area (Å²) in [4.78, 5) is 65.7. The summed E-state index contributed by atoms with van der Waals surface area (Å²) in [7, 11) is 3.09. The zero-order valence-electron chi connectivity index (χ0n) is 67.8. The zero-order chi connectivity index (χ0) is 86.1. The van der Waals surface area contributed by atoms with E-state index >= 15 is 0 Å². The van der Waals surface area contributed by atoms with E-state index in [1.165, 1.54) is 5.56 Å². The molecule has 0 unspecified atom stereocenters. The Balaban J connectivity index is 0.000000155. The second-order valence-corrected chi connectivity index (χ2v) is 31.0. The molecule has 652 valence electrons. The Labute approximate surface area is 762 Å². The van der Waals surface area contributed by atoms with Gasteiger partial charge in [0.05, 0.1) is 63.0 Å². The number of hydrogen-bond donors (Lipinski definition) is 5. The summed E-state index contributed by atoms with van der Waals surface area (Å²) in [5.41, 5.74) is 13.7. The van der Waals surface area contributed by atoms with Gasteiger partial charge >= 0.3 is 53.7 Å². The molecule has 12 heterocycles. The van der Waals surface area contributed by atoms with Crippen LogP contribution in [0.1, 0.15) is 77.5 Å². The Bertz CT molecular complexity index is 7110. The molecule has 18 aromatic rings. The number of hydrogen-bond acceptors (Lipinski definition) is 22. The van der Waals surface area contributed by atoms with E-state index in [0.717, 1.165) is 97.3 Å². The number of halogens is 6. The number of aromatic nitrogens is 18. The van der Waals surface area contributed by atoms with E-state index in [2.05, 4.69) is 114 Å². The molecular weight excluding hydrogens is 1680 g/mol. The van der Waals surface area contributed by atoms with E-state index in [9.17, 15) is 51.3 Å². The van der Waals surface area contributed by atoms with Gasteiger partial charge in [-0.25, -0.2) is 44.9 Å². The van der Waals surface area contributed by atoms with Crippen molar-refractivity contribution in [2.24, 2.45) is 0 Å². The second-order valence-electron chi connectivity index (χ2n) is 31.0. The van der Waals surface area contributed by atoms with Crippen LogP contribution in [0.4, 0.5) is 26.3 Å². The molecule has 0 aliphatic heterocycles. The Morgan fingerprint density at radius 3 is 0.985 bits per heavy atom. The molecule has 0 saturated heterocycles. The third-order valence-electron chi connectivity index (χ3n) is 23.5. The Morgan fingerprint density at radius 1 is 0.392 bits per heavy atom. The number of carbonyl (C=O) groups is 2. The monoisotopic (exact) mass is 1760 g/mol. The van der Waals surface area contributed by atoms with Gasteiger partial charge in [-0.1, -0.05) is 186 Å². The molecule has 3 fully saturated rings. The van der Waals surface area contributed by atoms with Crippen molar-refractivity contribution in [2.75, 3.05) is 14.1 Å². The van der Waals surface area contributed by atoms with E-state index in [-0.39, 0.29) is 94.6 Å². The first-order valence-electron chi connectivity index (χ1n) is 39.9. The fraction of sp³-hybridized carbons (Fsp3) is 0.198. The first-order valence-corrected chi connectivity index (χ1v) is 39.9. The minimum Gasteiger partial charge on any atom is -0.870 e. The van der Waals surface area contributed by atoms with Crippen molar-refractivity contribution in [3.8, 4) is 102 Å². The van der Waals surface area contributed by atoms with Gasteiger partial charge in [0.2, 0.25) is 17.5 Å². The summed E-state index contributed by atoms with van der Waals surface area (Å²) in [6, 6.07) is 69.1. The molecule has 3 saturated carbocycles. The van der Waals surface area contributed by atoms with Crippen molar-refractivity contribution < 1.29 is 86.3 Å². The van der Waals surface area contributed by atoms with Crippen molar-refractivity contribution in [1.29, 1.82) is 0 Å². The molecule has 2 amide bonds. The molecule has 0 spiro atoms. The van der Waals surface area contributed by atoms with E-state index in [1.54, 1.807) is 110 Å². The third-order valence-corrected chi connectivity index (χ3v) is 23.5. The zero-order valence-corrected chi connectivity index (χ0v) is 69.8. The van der Waals surface area contributed by atoms with Gasteiger partial charge in [-0.2, -0.15) is 26.3 Å². The number of rotatable bonds is 15. The van der Waals surface area contributed by atoms with Crippen molar-refractivity contribution >= 4 is 61.5 Å². The number of aliphatic hydroxyl groups excluding tert-OH is 3. The van der Waals surface area contributed by atoms with Crippen molar-refractivity contribution in [2.45, 2.75) is 108 Å². The molecule has 0 radical (unpaired) electrons. The van der Waals surface area contributed by atoms with Gasteiger partial charge in [0, 0.05) is 144 Å². The van der Waals surface area contributed by atoms with Crippen LogP contribution in [0, 0.1) is 0 Å². The van der Waals surface area contributed by atoms with Gasteiger partial charge in [-0.05, 0) is 108 Å². The molecule has 34 heteroatoms.